The maximum atomic E-state index is 5.61. The van der Waals surface area contributed by atoms with Crippen LogP contribution in [0.15, 0.2) is 24.3 Å². The molecule has 3 rings (SSSR count). The maximum absolute atomic E-state index is 5.61. The normalized spacial score (nSPS) is 18.0. The van der Waals surface area contributed by atoms with Crippen molar-refractivity contribution >= 4 is 50.6 Å². The van der Waals surface area contributed by atoms with Gasteiger partial charge < -0.3 is 10.2 Å². The number of nitrogens with zero attached hydrogens (tertiary/aromatic N) is 2. The SMILES string of the molecule is CSCCCNC(=S)N1CCC[C@@H]1c1nc2ccccc2s1. The number of nitrogens with one attached hydrogen (secondary N) is 1. The number of likely N-dealkylation sites (tertiary alicyclic amines) is 1. The number of aromatic nitrogens is 1. The second-order valence-corrected chi connectivity index (χ2v) is 7.88. The van der Waals surface area contributed by atoms with E-state index in [0.717, 1.165) is 36.6 Å². The lowest BCUT2D eigenvalue weighted by Crippen LogP contribution is -2.39. The van der Waals surface area contributed by atoms with E-state index in [1.165, 1.54) is 21.9 Å². The molecule has 0 spiro atoms. The summed E-state index contributed by atoms with van der Waals surface area (Å²) in [5, 5.41) is 5.51. The summed E-state index contributed by atoms with van der Waals surface area (Å²) in [5.41, 5.74) is 1.10. The Labute approximate surface area is 145 Å². The van der Waals surface area contributed by atoms with Gasteiger partial charge in [0.25, 0.3) is 0 Å². The number of thioether (sulfide) groups is 1. The molecule has 1 N–H and O–H groups in total. The summed E-state index contributed by atoms with van der Waals surface area (Å²) in [4.78, 5) is 7.15. The molecule has 1 saturated heterocycles. The third-order valence-electron chi connectivity index (χ3n) is 3.91. The van der Waals surface area contributed by atoms with Gasteiger partial charge >= 0.3 is 0 Å². The zero-order valence-corrected chi connectivity index (χ0v) is 15.2. The van der Waals surface area contributed by atoms with Gasteiger partial charge in [0.15, 0.2) is 5.11 Å². The Morgan fingerprint density at radius 2 is 2.36 bits per heavy atom. The van der Waals surface area contributed by atoms with Gasteiger partial charge in [-0.25, -0.2) is 4.98 Å². The van der Waals surface area contributed by atoms with Crippen LogP contribution in [0.3, 0.4) is 0 Å². The first kappa shape index (κ1) is 16.0. The van der Waals surface area contributed by atoms with Crippen LogP contribution in [0.25, 0.3) is 10.2 Å². The zero-order valence-electron chi connectivity index (χ0n) is 12.7. The molecule has 22 heavy (non-hydrogen) atoms. The first-order valence-corrected chi connectivity index (χ1v) is 10.3. The summed E-state index contributed by atoms with van der Waals surface area (Å²) in [5.74, 6) is 1.18. The van der Waals surface area contributed by atoms with Crippen molar-refractivity contribution in [3.8, 4) is 0 Å². The second kappa shape index (κ2) is 7.62. The molecule has 0 radical (unpaired) electrons. The van der Waals surface area contributed by atoms with Crippen molar-refractivity contribution in [2.75, 3.05) is 25.1 Å². The Bertz CT molecular complexity index is 607. The van der Waals surface area contributed by atoms with Crippen LogP contribution in [0, 0.1) is 0 Å². The monoisotopic (exact) mass is 351 g/mol. The summed E-state index contributed by atoms with van der Waals surface area (Å²) in [6.07, 6.45) is 5.63. The zero-order chi connectivity index (χ0) is 15.4. The number of thiazole rings is 1. The van der Waals surface area contributed by atoms with E-state index in [-0.39, 0.29) is 0 Å². The Morgan fingerprint density at radius 1 is 1.50 bits per heavy atom. The number of thiocarbonyl (C=S) groups is 1. The molecule has 0 bridgehead atoms. The number of rotatable bonds is 5. The molecule has 0 saturated carbocycles. The average molecular weight is 352 g/mol. The summed E-state index contributed by atoms with van der Waals surface area (Å²) in [6, 6.07) is 8.71. The quantitative estimate of drug-likeness (QED) is 0.648. The number of fused-ring (bicyclic) bond motifs is 1. The lowest BCUT2D eigenvalue weighted by Gasteiger charge is -2.26. The third-order valence-corrected chi connectivity index (χ3v) is 6.12. The van der Waals surface area contributed by atoms with Gasteiger partial charge in [0.05, 0.1) is 16.3 Å². The standard InChI is InChI=1S/C16H21N3S3/c1-21-11-5-9-17-16(20)19-10-4-7-13(19)15-18-12-6-2-3-8-14(12)22-15/h2-3,6,8,13H,4-5,7,9-11H2,1H3,(H,17,20)/t13-/m1/s1. The molecule has 118 valence electrons. The molecule has 3 nitrogen and oxygen atoms in total. The number of benzene rings is 1. The lowest BCUT2D eigenvalue weighted by atomic mass is 10.2. The van der Waals surface area contributed by atoms with Gasteiger partial charge in [-0.15, -0.1) is 11.3 Å². The predicted octanol–water partition coefficient (Wildman–Crippen LogP) is 4.06. The molecule has 1 aromatic carbocycles. The van der Waals surface area contributed by atoms with Crippen molar-refractivity contribution < 1.29 is 0 Å². The Morgan fingerprint density at radius 3 is 3.18 bits per heavy atom. The minimum Gasteiger partial charge on any atom is -0.363 e. The van der Waals surface area contributed by atoms with Gasteiger partial charge in [0.2, 0.25) is 0 Å². The van der Waals surface area contributed by atoms with Gasteiger partial charge in [-0.05, 0) is 55.6 Å². The fraction of sp³-hybridized carbons (Fsp3) is 0.500. The van der Waals surface area contributed by atoms with Gasteiger partial charge in [-0.3, -0.25) is 0 Å². The summed E-state index contributed by atoms with van der Waals surface area (Å²) >= 11 is 9.29. The molecule has 1 aliphatic rings. The lowest BCUT2D eigenvalue weighted by molar-refractivity contribution is 0.393. The molecule has 0 amide bonds. The first-order chi connectivity index (χ1) is 10.8. The van der Waals surface area contributed by atoms with Crippen LogP contribution in [-0.4, -0.2) is 40.1 Å². The van der Waals surface area contributed by atoms with E-state index in [1.807, 2.05) is 11.8 Å². The predicted molar refractivity (Wildman–Crippen MR) is 102 cm³/mol. The Kier molecular flexibility index (Phi) is 5.55. The molecule has 2 aromatic rings. The average Bonchev–Trinajstić information content (AvgIpc) is 3.16. The van der Waals surface area contributed by atoms with Crippen molar-refractivity contribution in [2.45, 2.75) is 25.3 Å². The maximum Gasteiger partial charge on any atom is 0.169 e. The summed E-state index contributed by atoms with van der Waals surface area (Å²) < 4.78 is 1.27. The van der Waals surface area contributed by atoms with Crippen LogP contribution in [0.5, 0.6) is 0 Å². The molecule has 1 aliphatic heterocycles. The van der Waals surface area contributed by atoms with E-state index in [9.17, 15) is 0 Å². The Hall–Kier alpha value is -0.850. The van der Waals surface area contributed by atoms with E-state index in [4.69, 9.17) is 17.2 Å². The molecular weight excluding hydrogens is 330 g/mol. The third kappa shape index (κ3) is 3.55. The minimum atomic E-state index is 0.345. The van der Waals surface area contributed by atoms with E-state index in [0.29, 0.717) is 6.04 Å². The van der Waals surface area contributed by atoms with Crippen molar-refractivity contribution in [1.82, 2.24) is 15.2 Å². The fourth-order valence-electron chi connectivity index (χ4n) is 2.81. The van der Waals surface area contributed by atoms with Crippen LogP contribution in [0.2, 0.25) is 0 Å². The van der Waals surface area contributed by atoms with Crippen molar-refractivity contribution in [2.24, 2.45) is 0 Å². The summed E-state index contributed by atoms with van der Waals surface area (Å²) in [7, 11) is 0. The van der Waals surface area contributed by atoms with Crippen LogP contribution in [-0.2, 0) is 0 Å². The highest BCUT2D eigenvalue weighted by molar-refractivity contribution is 7.98. The van der Waals surface area contributed by atoms with Crippen LogP contribution in [0.4, 0.5) is 0 Å². The largest absolute Gasteiger partial charge is 0.363 e. The fourth-order valence-corrected chi connectivity index (χ4v) is 4.68. The number of para-hydroxylation sites is 1. The molecule has 6 heteroatoms. The highest BCUT2D eigenvalue weighted by Crippen LogP contribution is 2.36. The molecule has 2 heterocycles. The van der Waals surface area contributed by atoms with Gasteiger partial charge in [0.1, 0.15) is 5.01 Å². The number of hydrogen-bond acceptors (Lipinski definition) is 4. The van der Waals surface area contributed by atoms with Crippen LogP contribution >= 0.6 is 35.3 Å². The highest BCUT2D eigenvalue weighted by Gasteiger charge is 2.30. The molecular formula is C16H21N3S3. The molecule has 1 atom stereocenters. The van der Waals surface area contributed by atoms with E-state index >= 15 is 0 Å². The molecule has 1 fully saturated rings. The smallest absolute Gasteiger partial charge is 0.169 e. The van der Waals surface area contributed by atoms with Crippen molar-refractivity contribution in [3.05, 3.63) is 29.3 Å². The van der Waals surface area contributed by atoms with E-state index in [2.05, 4.69) is 40.7 Å². The van der Waals surface area contributed by atoms with Crippen LogP contribution in [0.1, 0.15) is 30.3 Å². The summed E-state index contributed by atoms with van der Waals surface area (Å²) in [6.45, 7) is 2.00. The highest BCUT2D eigenvalue weighted by atomic mass is 32.2. The van der Waals surface area contributed by atoms with Gasteiger partial charge in [-0.1, -0.05) is 12.1 Å². The minimum absolute atomic E-state index is 0.345. The molecule has 0 unspecified atom stereocenters. The topological polar surface area (TPSA) is 28.2 Å². The molecule has 0 aliphatic carbocycles. The van der Waals surface area contributed by atoms with Gasteiger partial charge in [-0.2, -0.15) is 11.8 Å². The van der Waals surface area contributed by atoms with Gasteiger partial charge in [0, 0.05) is 13.1 Å². The van der Waals surface area contributed by atoms with Crippen LogP contribution < -0.4 is 5.32 Å². The Balaban J connectivity index is 1.68. The van der Waals surface area contributed by atoms with E-state index in [1.54, 1.807) is 11.3 Å². The van der Waals surface area contributed by atoms with Crippen molar-refractivity contribution in [1.29, 1.82) is 0 Å². The molecule has 1 aromatic heterocycles. The second-order valence-electron chi connectivity index (χ2n) is 5.45. The van der Waals surface area contributed by atoms with E-state index < -0.39 is 0 Å². The number of hydrogen-bond donors (Lipinski definition) is 1. The first-order valence-electron chi connectivity index (χ1n) is 7.68. The van der Waals surface area contributed by atoms with Crippen molar-refractivity contribution in [3.63, 3.8) is 0 Å².